The van der Waals surface area contributed by atoms with Gasteiger partial charge in [-0.1, -0.05) is 13.0 Å². The van der Waals surface area contributed by atoms with E-state index >= 15 is 0 Å². The summed E-state index contributed by atoms with van der Waals surface area (Å²) >= 11 is 0. The number of aliphatic hydroxyl groups is 1. The van der Waals surface area contributed by atoms with Crippen molar-refractivity contribution in [3.05, 3.63) is 23.5 Å². The van der Waals surface area contributed by atoms with Crippen LogP contribution in [0.3, 0.4) is 0 Å². The Kier molecular flexibility index (Phi) is 3.86. The second-order valence-corrected chi connectivity index (χ2v) is 10.0. The first kappa shape index (κ1) is 17.8. The van der Waals surface area contributed by atoms with Crippen molar-refractivity contribution in [1.82, 2.24) is 0 Å². The van der Waals surface area contributed by atoms with Crippen molar-refractivity contribution in [3.8, 4) is 0 Å². The first-order valence-electron chi connectivity index (χ1n) is 10.8. The number of carbonyl (C=O) groups is 1. The van der Waals surface area contributed by atoms with E-state index in [1.807, 2.05) is 0 Å². The highest BCUT2D eigenvalue weighted by molar-refractivity contribution is 5.66. The molecule has 0 unspecified atom stereocenters. The molecular formula is C23H32O4. The number of allylic oxidation sites excluding steroid dienone is 4. The SMILES string of the molecule is COC1=CC2=CC[C@@H]3[C@H](CC[C@@]4(C)[C@H]3[C@H]3C[C@H]3[C@@]4(O)CCC(=O)O)[C@H]2CC1. The lowest BCUT2D eigenvalue weighted by atomic mass is 9.49. The zero-order valence-corrected chi connectivity index (χ0v) is 16.5. The van der Waals surface area contributed by atoms with Crippen LogP contribution in [0.1, 0.15) is 58.3 Å². The Morgan fingerprint density at radius 3 is 2.85 bits per heavy atom. The predicted molar refractivity (Wildman–Crippen MR) is 102 cm³/mol. The van der Waals surface area contributed by atoms with E-state index in [4.69, 9.17) is 4.74 Å². The van der Waals surface area contributed by atoms with Crippen molar-refractivity contribution in [2.45, 2.75) is 63.9 Å². The van der Waals surface area contributed by atoms with Crippen LogP contribution in [0, 0.1) is 40.9 Å². The summed E-state index contributed by atoms with van der Waals surface area (Å²) in [6, 6.07) is 0. The monoisotopic (exact) mass is 372 g/mol. The van der Waals surface area contributed by atoms with Crippen molar-refractivity contribution in [2.24, 2.45) is 40.9 Å². The number of carboxylic acid groups (broad SMARTS) is 1. The van der Waals surface area contributed by atoms with Crippen LogP contribution in [0.25, 0.3) is 0 Å². The molecule has 0 spiro atoms. The summed E-state index contributed by atoms with van der Waals surface area (Å²) in [5, 5.41) is 20.9. The molecule has 2 N–H and O–H groups in total. The molecule has 0 radical (unpaired) electrons. The van der Waals surface area contributed by atoms with E-state index in [1.54, 1.807) is 7.11 Å². The molecule has 5 aliphatic carbocycles. The van der Waals surface area contributed by atoms with Crippen molar-refractivity contribution in [3.63, 3.8) is 0 Å². The number of methoxy groups -OCH3 is 1. The molecule has 148 valence electrons. The Hall–Kier alpha value is -1.29. The van der Waals surface area contributed by atoms with Gasteiger partial charge in [0.2, 0.25) is 0 Å². The van der Waals surface area contributed by atoms with Gasteiger partial charge in [-0.3, -0.25) is 4.79 Å². The third kappa shape index (κ3) is 2.35. The van der Waals surface area contributed by atoms with Gasteiger partial charge in [-0.2, -0.15) is 0 Å². The van der Waals surface area contributed by atoms with Crippen LogP contribution in [0.5, 0.6) is 0 Å². The molecule has 0 aliphatic heterocycles. The minimum atomic E-state index is -0.783. The zero-order valence-electron chi connectivity index (χ0n) is 16.5. The van der Waals surface area contributed by atoms with Gasteiger partial charge in [0.25, 0.3) is 0 Å². The molecule has 3 saturated carbocycles. The lowest BCUT2D eigenvalue weighted by Crippen LogP contribution is -2.55. The molecule has 0 amide bonds. The molecule has 3 fully saturated rings. The quantitative estimate of drug-likeness (QED) is 0.778. The smallest absolute Gasteiger partial charge is 0.303 e. The summed E-state index contributed by atoms with van der Waals surface area (Å²) < 4.78 is 5.50. The lowest BCUT2D eigenvalue weighted by Gasteiger charge is -2.56. The summed E-state index contributed by atoms with van der Waals surface area (Å²) in [7, 11) is 1.77. The maximum atomic E-state index is 11.7. The first-order chi connectivity index (χ1) is 12.9. The fourth-order valence-corrected chi connectivity index (χ4v) is 7.99. The largest absolute Gasteiger partial charge is 0.501 e. The van der Waals surface area contributed by atoms with E-state index in [0.717, 1.165) is 37.4 Å². The standard InChI is InChI=1S/C23H32O4/c1-22-9-7-16-15-6-4-14(27-2)11-13(15)3-5-17(16)21(22)18-12-19(18)23(22,26)10-8-20(24)25/h3,11,15-19,21,26H,4-10,12H2,1-2H3,(H,24,25)/t15-,16+,17+,18-,19+,21+,22-,23-/m0/s1. The maximum absolute atomic E-state index is 11.7. The molecule has 8 atom stereocenters. The molecule has 0 heterocycles. The van der Waals surface area contributed by atoms with Gasteiger partial charge in [0, 0.05) is 12.8 Å². The predicted octanol–water partition coefficient (Wildman–Crippen LogP) is 4.15. The number of aliphatic carboxylic acids is 1. The normalized spacial score (nSPS) is 49.7. The Balaban J connectivity index is 1.44. The van der Waals surface area contributed by atoms with Crippen LogP contribution in [-0.2, 0) is 9.53 Å². The third-order valence-corrected chi connectivity index (χ3v) is 9.23. The zero-order chi connectivity index (χ0) is 19.0. The summed E-state index contributed by atoms with van der Waals surface area (Å²) in [6.07, 6.45) is 11.9. The number of ether oxygens (including phenoxy) is 1. The van der Waals surface area contributed by atoms with Crippen molar-refractivity contribution in [2.75, 3.05) is 7.11 Å². The van der Waals surface area contributed by atoms with Crippen LogP contribution >= 0.6 is 0 Å². The van der Waals surface area contributed by atoms with Crippen LogP contribution in [0.15, 0.2) is 23.5 Å². The fraction of sp³-hybridized carbons (Fsp3) is 0.783. The van der Waals surface area contributed by atoms with E-state index in [-0.39, 0.29) is 11.8 Å². The molecule has 0 aromatic heterocycles. The Morgan fingerprint density at radius 2 is 2.11 bits per heavy atom. The highest BCUT2D eigenvalue weighted by atomic mass is 16.5. The van der Waals surface area contributed by atoms with Crippen molar-refractivity contribution >= 4 is 5.97 Å². The van der Waals surface area contributed by atoms with Crippen LogP contribution in [0.2, 0.25) is 0 Å². The van der Waals surface area contributed by atoms with Gasteiger partial charge >= 0.3 is 5.97 Å². The Bertz CT molecular complexity index is 724. The van der Waals surface area contributed by atoms with Gasteiger partial charge in [-0.05, 0) is 91.1 Å². The van der Waals surface area contributed by atoms with Crippen LogP contribution < -0.4 is 0 Å². The van der Waals surface area contributed by atoms with E-state index < -0.39 is 11.6 Å². The third-order valence-electron chi connectivity index (χ3n) is 9.23. The average molecular weight is 373 g/mol. The summed E-state index contributed by atoms with van der Waals surface area (Å²) in [5.74, 6) is 3.87. The topological polar surface area (TPSA) is 66.8 Å². The van der Waals surface area contributed by atoms with E-state index in [1.165, 1.54) is 18.4 Å². The minimum absolute atomic E-state index is 0.0907. The molecule has 5 rings (SSSR count). The van der Waals surface area contributed by atoms with Gasteiger partial charge in [0.1, 0.15) is 0 Å². The minimum Gasteiger partial charge on any atom is -0.501 e. The number of hydrogen-bond acceptors (Lipinski definition) is 3. The molecule has 0 saturated heterocycles. The fourth-order valence-electron chi connectivity index (χ4n) is 7.99. The molecule has 0 bridgehead atoms. The number of hydrogen-bond donors (Lipinski definition) is 2. The molecular weight excluding hydrogens is 340 g/mol. The molecule has 4 nitrogen and oxygen atoms in total. The summed E-state index contributed by atoms with van der Waals surface area (Å²) in [5.41, 5.74) is 0.602. The molecule has 0 aromatic carbocycles. The van der Waals surface area contributed by atoms with Gasteiger partial charge in [-0.25, -0.2) is 0 Å². The van der Waals surface area contributed by atoms with Gasteiger partial charge in [-0.15, -0.1) is 0 Å². The van der Waals surface area contributed by atoms with Gasteiger partial charge < -0.3 is 14.9 Å². The molecule has 5 aliphatic rings. The van der Waals surface area contributed by atoms with Crippen LogP contribution in [0.4, 0.5) is 0 Å². The lowest BCUT2D eigenvalue weighted by molar-refractivity contribution is -0.151. The number of rotatable bonds is 4. The van der Waals surface area contributed by atoms with Crippen molar-refractivity contribution < 1.29 is 19.7 Å². The number of carboxylic acids is 1. The van der Waals surface area contributed by atoms with E-state index in [2.05, 4.69) is 19.1 Å². The first-order valence-corrected chi connectivity index (χ1v) is 10.8. The highest BCUT2D eigenvalue weighted by Gasteiger charge is 2.75. The highest BCUT2D eigenvalue weighted by Crippen LogP contribution is 2.76. The maximum Gasteiger partial charge on any atom is 0.303 e. The Labute approximate surface area is 161 Å². The average Bonchev–Trinajstić information content (AvgIpc) is 3.42. The number of fused-ring (bicyclic) bond motifs is 7. The molecule has 4 heteroatoms. The second kappa shape index (κ2) is 5.85. The molecule has 27 heavy (non-hydrogen) atoms. The Morgan fingerprint density at radius 1 is 1.30 bits per heavy atom. The molecule has 0 aromatic rings. The second-order valence-electron chi connectivity index (χ2n) is 10.0. The van der Waals surface area contributed by atoms with Crippen molar-refractivity contribution in [1.29, 1.82) is 0 Å². The van der Waals surface area contributed by atoms with E-state index in [0.29, 0.717) is 36.0 Å². The summed E-state index contributed by atoms with van der Waals surface area (Å²) in [4.78, 5) is 11.2. The van der Waals surface area contributed by atoms with Gasteiger partial charge in [0.15, 0.2) is 0 Å². The van der Waals surface area contributed by atoms with Crippen LogP contribution in [-0.4, -0.2) is 28.9 Å². The van der Waals surface area contributed by atoms with E-state index in [9.17, 15) is 15.0 Å². The van der Waals surface area contributed by atoms with Gasteiger partial charge in [0.05, 0.1) is 18.5 Å². The summed E-state index contributed by atoms with van der Waals surface area (Å²) in [6.45, 7) is 2.28.